The molecule has 2 heterocycles. The van der Waals surface area contributed by atoms with E-state index in [9.17, 15) is 9.59 Å². The Morgan fingerprint density at radius 3 is 2.31 bits per heavy atom. The minimum absolute atomic E-state index is 0.0484. The zero-order chi connectivity index (χ0) is 25.2. The molecule has 0 N–H and O–H groups in total. The second-order valence-electron chi connectivity index (χ2n) is 9.05. The Bertz CT molecular complexity index is 1080. The number of carbonyl (C=O) groups is 2. The first-order valence-electron chi connectivity index (χ1n) is 12.6. The maximum atomic E-state index is 13.7. The number of hydrogen-bond donors (Lipinski definition) is 0. The second-order valence-corrected chi connectivity index (χ2v) is 10.1. The van der Waals surface area contributed by atoms with Gasteiger partial charge in [-0.25, -0.2) is 0 Å². The molecule has 0 saturated carbocycles. The number of carbonyl (C=O) groups excluding carboxylic acids is 2. The first-order chi connectivity index (χ1) is 17.6. The van der Waals surface area contributed by atoms with Gasteiger partial charge in [0.25, 0.3) is 5.91 Å². The van der Waals surface area contributed by atoms with Crippen LogP contribution in [0, 0.1) is 0 Å². The number of amides is 2. The SMILES string of the molecule is CCc1ccc(C(=O)N(CCN2CCOCC2)CC(=O)N(Cc2ccccc2)Cc2cccs2)cc1. The van der Waals surface area contributed by atoms with Crippen LogP contribution in [0.5, 0.6) is 0 Å². The van der Waals surface area contributed by atoms with Crippen LogP contribution in [0.3, 0.4) is 0 Å². The van der Waals surface area contributed by atoms with Crippen molar-refractivity contribution in [2.24, 2.45) is 0 Å². The van der Waals surface area contributed by atoms with Crippen LogP contribution in [0.4, 0.5) is 0 Å². The summed E-state index contributed by atoms with van der Waals surface area (Å²) in [7, 11) is 0. The summed E-state index contributed by atoms with van der Waals surface area (Å²) in [6.07, 6.45) is 0.921. The van der Waals surface area contributed by atoms with Gasteiger partial charge in [-0.1, -0.05) is 55.5 Å². The number of rotatable bonds is 11. The molecule has 0 bridgehead atoms. The van der Waals surface area contributed by atoms with Gasteiger partial charge < -0.3 is 14.5 Å². The predicted octanol–water partition coefficient (Wildman–Crippen LogP) is 4.31. The zero-order valence-electron chi connectivity index (χ0n) is 21.0. The highest BCUT2D eigenvalue weighted by Crippen LogP contribution is 2.16. The van der Waals surface area contributed by atoms with Gasteiger partial charge in [0.15, 0.2) is 0 Å². The van der Waals surface area contributed by atoms with Crippen molar-refractivity contribution in [3.05, 3.63) is 93.7 Å². The van der Waals surface area contributed by atoms with E-state index in [1.54, 1.807) is 16.2 Å². The van der Waals surface area contributed by atoms with Crippen LogP contribution in [0.15, 0.2) is 72.1 Å². The van der Waals surface area contributed by atoms with Gasteiger partial charge in [-0.3, -0.25) is 14.5 Å². The first kappa shape index (κ1) is 26.1. The Morgan fingerprint density at radius 1 is 0.889 bits per heavy atom. The summed E-state index contributed by atoms with van der Waals surface area (Å²) in [5, 5.41) is 2.03. The molecule has 2 amide bonds. The number of hydrogen-bond acceptors (Lipinski definition) is 5. The molecule has 0 atom stereocenters. The van der Waals surface area contributed by atoms with Crippen LogP contribution in [-0.2, 0) is 29.0 Å². The molecule has 6 nitrogen and oxygen atoms in total. The molecule has 1 aromatic heterocycles. The smallest absolute Gasteiger partial charge is 0.254 e. The molecule has 1 aliphatic heterocycles. The number of morpholine rings is 1. The topological polar surface area (TPSA) is 53.1 Å². The number of aryl methyl sites for hydroxylation is 1. The minimum atomic E-state index is -0.102. The van der Waals surface area contributed by atoms with Crippen LogP contribution < -0.4 is 0 Å². The van der Waals surface area contributed by atoms with Crippen molar-refractivity contribution in [2.45, 2.75) is 26.4 Å². The lowest BCUT2D eigenvalue weighted by Crippen LogP contribution is -2.47. The Kier molecular flexibility index (Phi) is 9.67. The minimum Gasteiger partial charge on any atom is -0.379 e. The Morgan fingerprint density at radius 2 is 1.64 bits per heavy atom. The van der Waals surface area contributed by atoms with Crippen LogP contribution in [0.25, 0.3) is 0 Å². The largest absolute Gasteiger partial charge is 0.379 e. The Hall–Kier alpha value is -3.00. The second kappa shape index (κ2) is 13.3. The lowest BCUT2D eigenvalue weighted by Gasteiger charge is -2.31. The van der Waals surface area contributed by atoms with Gasteiger partial charge in [0.1, 0.15) is 6.54 Å². The van der Waals surface area contributed by atoms with Gasteiger partial charge in [-0.2, -0.15) is 0 Å². The van der Waals surface area contributed by atoms with Gasteiger partial charge in [0, 0.05) is 43.2 Å². The molecule has 0 unspecified atom stereocenters. The normalized spacial score (nSPS) is 13.9. The maximum absolute atomic E-state index is 13.7. The van der Waals surface area contributed by atoms with Crippen LogP contribution in [-0.4, -0.2) is 72.5 Å². The van der Waals surface area contributed by atoms with E-state index in [1.165, 1.54) is 5.56 Å². The van der Waals surface area contributed by atoms with Crippen molar-refractivity contribution in [1.29, 1.82) is 0 Å². The molecule has 0 spiro atoms. The summed E-state index contributed by atoms with van der Waals surface area (Å²) in [6, 6.07) is 21.8. The van der Waals surface area contributed by atoms with Crippen molar-refractivity contribution in [3.63, 3.8) is 0 Å². The molecule has 3 aromatic rings. The molecule has 1 fully saturated rings. The number of benzene rings is 2. The van der Waals surface area contributed by atoms with Crippen molar-refractivity contribution < 1.29 is 14.3 Å². The quantitative estimate of drug-likeness (QED) is 0.390. The molecule has 190 valence electrons. The number of thiophene rings is 1. The third kappa shape index (κ3) is 7.50. The van der Waals surface area contributed by atoms with Crippen LogP contribution in [0.1, 0.15) is 33.3 Å². The van der Waals surface area contributed by atoms with E-state index in [0.717, 1.165) is 36.5 Å². The van der Waals surface area contributed by atoms with E-state index in [4.69, 9.17) is 4.74 Å². The van der Waals surface area contributed by atoms with Crippen molar-refractivity contribution >= 4 is 23.2 Å². The summed E-state index contributed by atoms with van der Waals surface area (Å²) in [5.41, 5.74) is 2.88. The molecule has 2 aromatic carbocycles. The van der Waals surface area contributed by atoms with Crippen molar-refractivity contribution in [3.8, 4) is 0 Å². The third-order valence-corrected chi connectivity index (χ3v) is 7.37. The standard InChI is InChI=1S/C29H35N3O3S/c1-2-24-10-12-26(13-11-24)29(34)31(15-14-30-16-18-35-19-17-30)23-28(33)32(22-27-9-6-20-36-27)21-25-7-4-3-5-8-25/h3-13,20H,2,14-19,21-23H2,1H3. The average Bonchev–Trinajstić information content (AvgIpc) is 3.44. The fraction of sp³-hybridized carbons (Fsp3) is 0.379. The molecule has 0 radical (unpaired) electrons. The van der Waals surface area contributed by atoms with Gasteiger partial charge in [0.2, 0.25) is 5.91 Å². The molecular formula is C29H35N3O3S. The van der Waals surface area contributed by atoms with Crippen LogP contribution >= 0.6 is 11.3 Å². The summed E-state index contributed by atoms with van der Waals surface area (Å²) in [5.74, 6) is -0.150. The van der Waals surface area contributed by atoms with Gasteiger partial charge in [-0.05, 0) is 41.1 Å². The van der Waals surface area contributed by atoms with E-state index in [0.29, 0.717) is 38.4 Å². The van der Waals surface area contributed by atoms with Crippen molar-refractivity contribution in [2.75, 3.05) is 45.9 Å². The monoisotopic (exact) mass is 505 g/mol. The number of ether oxygens (including phenoxy) is 1. The molecule has 4 rings (SSSR count). The zero-order valence-corrected chi connectivity index (χ0v) is 21.8. The number of nitrogens with zero attached hydrogens (tertiary/aromatic N) is 3. The summed E-state index contributed by atoms with van der Waals surface area (Å²) >= 11 is 1.64. The lowest BCUT2D eigenvalue weighted by atomic mass is 10.1. The summed E-state index contributed by atoms with van der Waals surface area (Å²) in [4.78, 5) is 34.2. The van der Waals surface area contributed by atoms with E-state index in [1.807, 2.05) is 77.0 Å². The fourth-order valence-electron chi connectivity index (χ4n) is 4.29. The fourth-order valence-corrected chi connectivity index (χ4v) is 5.01. The maximum Gasteiger partial charge on any atom is 0.254 e. The molecule has 1 saturated heterocycles. The molecule has 0 aliphatic carbocycles. The molecule has 7 heteroatoms. The molecular weight excluding hydrogens is 470 g/mol. The van der Waals surface area contributed by atoms with E-state index in [-0.39, 0.29) is 18.4 Å². The Balaban J connectivity index is 1.51. The van der Waals surface area contributed by atoms with Crippen LogP contribution in [0.2, 0.25) is 0 Å². The lowest BCUT2D eigenvalue weighted by molar-refractivity contribution is -0.133. The van der Waals surface area contributed by atoms with Gasteiger partial charge in [-0.15, -0.1) is 11.3 Å². The van der Waals surface area contributed by atoms with Gasteiger partial charge >= 0.3 is 0 Å². The highest BCUT2D eigenvalue weighted by Gasteiger charge is 2.24. The molecule has 1 aliphatic rings. The summed E-state index contributed by atoms with van der Waals surface area (Å²) in [6.45, 7) is 7.51. The highest BCUT2D eigenvalue weighted by molar-refractivity contribution is 7.09. The van der Waals surface area contributed by atoms with E-state index >= 15 is 0 Å². The summed E-state index contributed by atoms with van der Waals surface area (Å²) < 4.78 is 5.47. The van der Waals surface area contributed by atoms with Gasteiger partial charge in [0.05, 0.1) is 19.8 Å². The predicted molar refractivity (Wildman–Crippen MR) is 144 cm³/mol. The highest BCUT2D eigenvalue weighted by atomic mass is 32.1. The van der Waals surface area contributed by atoms with Crippen molar-refractivity contribution in [1.82, 2.24) is 14.7 Å². The van der Waals surface area contributed by atoms with E-state index < -0.39 is 0 Å². The Labute approximate surface area is 218 Å². The average molecular weight is 506 g/mol. The first-order valence-corrected chi connectivity index (χ1v) is 13.5. The molecule has 36 heavy (non-hydrogen) atoms. The van der Waals surface area contributed by atoms with E-state index in [2.05, 4.69) is 11.8 Å². The third-order valence-electron chi connectivity index (χ3n) is 6.51.